The molecule has 4 atom stereocenters. The number of Topliss-reactive ketones (excluding diaryl/α,β-unsaturated/α-hetero) is 3. The quantitative estimate of drug-likeness (QED) is 0.329. The van der Waals surface area contributed by atoms with Gasteiger partial charge < -0.3 is 9.47 Å². The van der Waals surface area contributed by atoms with E-state index in [1.54, 1.807) is 20.8 Å². The Labute approximate surface area is 198 Å². The molecule has 0 N–H and O–H groups in total. The number of rotatable bonds is 8. The Morgan fingerprint density at radius 3 is 2.38 bits per heavy atom. The SMILES string of the molecule is C=C(C[C@]12C[C@@H]3C[C@](C(=O)OCC)(C1=O)C(C)(C)[C@@H](C3=O)C2=O)C(=O)OCCc1ccccc1. The van der Waals surface area contributed by atoms with E-state index < -0.39 is 51.6 Å². The largest absolute Gasteiger partial charge is 0.465 e. The van der Waals surface area contributed by atoms with Crippen molar-refractivity contribution >= 4 is 29.3 Å². The molecule has 1 aromatic carbocycles. The maximum atomic E-state index is 14.0. The van der Waals surface area contributed by atoms with Crippen molar-refractivity contribution in [1.82, 2.24) is 0 Å². The molecule has 4 aliphatic carbocycles. The zero-order valence-electron chi connectivity index (χ0n) is 19.8. The Balaban J connectivity index is 1.59. The highest BCUT2D eigenvalue weighted by atomic mass is 16.5. The number of carbonyl (C=O) groups excluding carboxylic acids is 5. The van der Waals surface area contributed by atoms with Crippen molar-refractivity contribution in [2.24, 2.45) is 28.1 Å². The summed E-state index contributed by atoms with van der Waals surface area (Å²) in [7, 11) is 0. The first kappa shape index (κ1) is 24.0. The van der Waals surface area contributed by atoms with E-state index in [1.807, 2.05) is 30.3 Å². The number of ketones is 3. The zero-order valence-corrected chi connectivity index (χ0v) is 19.8. The fourth-order valence-corrected chi connectivity index (χ4v) is 6.37. The lowest BCUT2D eigenvalue weighted by atomic mass is 9.34. The van der Waals surface area contributed by atoms with E-state index >= 15 is 0 Å². The lowest BCUT2D eigenvalue weighted by Gasteiger charge is -2.64. The highest BCUT2D eigenvalue weighted by Gasteiger charge is 2.80. The van der Waals surface area contributed by atoms with E-state index in [2.05, 4.69) is 6.58 Å². The minimum absolute atomic E-state index is 0.00640. The molecule has 7 nitrogen and oxygen atoms in total. The number of hydrogen-bond acceptors (Lipinski definition) is 7. The second kappa shape index (κ2) is 8.29. The molecule has 4 aliphatic rings. The van der Waals surface area contributed by atoms with Gasteiger partial charge in [0.2, 0.25) is 0 Å². The lowest BCUT2D eigenvalue weighted by Crippen LogP contribution is -2.76. The van der Waals surface area contributed by atoms with Crippen LogP contribution in [0.2, 0.25) is 0 Å². The van der Waals surface area contributed by atoms with Gasteiger partial charge in [0.25, 0.3) is 0 Å². The van der Waals surface area contributed by atoms with E-state index in [1.165, 1.54) is 0 Å². The number of benzene rings is 1. The van der Waals surface area contributed by atoms with Crippen molar-refractivity contribution in [1.29, 1.82) is 0 Å². The van der Waals surface area contributed by atoms with Crippen LogP contribution in [0.4, 0.5) is 0 Å². The van der Waals surface area contributed by atoms with Crippen LogP contribution in [-0.2, 0) is 39.9 Å². The first-order valence-corrected chi connectivity index (χ1v) is 11.7. The summed E-state index contributed by atoms with van der Waals surface area (Å²) in [5, 5.41) is 0. The molecule has 34 heavy (non-hydrogen) atoms. The molecule has 7 heteroatoms. The van der Waals surface area contributed by atoms with Crippen LogP contribution < -0.4 is 0 Å². The summed E-state index contributed by atoms with van der Waals surface area (Å²) in [5.41, 5.74) is -3.46. The van der Waals surface area contributed by atoms with E-state index in [0.29, 0.717) is 6.42 Å². The van der Waals surface area contributed by atoms with Crippen LogP contribution in [0.15, 0.2) is 42.5 Å². The minimum Gasteiger partial charge on any atom is -0.465 e. The van der Waals surface area contributed by atoms with E-state index in [0.717, 1.165) is 5.56 Å². The molecule has 0 saturated heterocycles. The van der Waals surface area contributed by atoms with Gasteiger partial charge in [0, 0.05) is 23.3 Å². The predicted octanol–water partition coefficient (Wildman–Crippen LogP) is 3.04. The summed E-state index contributed by atoms with van der Waals surface area (Å²) in [6.45, 7) is 8.91. The van der Waals surface area contributed by atoms with Crippen LogP contribution >= 0.6 is 0 Å². The third-order valence-electron chi connectivity index (χ3n) is 8.11. The zero-order chi connectivity index (χ0) is 24.9. The second-order valence-electron chi connectivity index (χ2n) is 10.2. The van der Waals surface area contributed by atoms with Crippen molar-refractivity contribution in [3.05, 3.63) is 48.0 Å². The van der Waals surface area contributed by atoms with Gasteiger partial charge in [0.15, 0.2) is 11.6 Å². The van der Waals surface area contributed by atoms with Gasteiger partial charge in [-0.15, -0.1) is 0 Å². The van der Waals surface area contributed by atoms with Crippen molar-refractivity contribution in [3.8, 4) is 0 Å². The van der Waals surface area contributed by atoms with Crippen LogP contribution in [0.3, 0.4) is 0 Å². The van der Waals surface area contributed by atoms with Gasteiger partial charge in [-0.25, -0.2) is 4.79 Å². The molecule has 5 rings (SSSR count). The molecule has 4 fully saturated rings. The average molecular weight is 467 g/mol. The second-order valence-corrected chi connectivity index (χ2v) is 10.2. The number of esters is 2. The lowest BCUT2D eigenvalue weighted by molar-refractivity contribution is -0.206. The Hall–Kier alpha value is -3.09. The molecule has 0 aromatic heterocycles. The van der Waals surface area contributed by atoms with E-state index in [-0.39, 0.29) is 43.8 Å². The van der Waals surface area contributed by atoms with E-state index in [4.69, 9.17) is 9.47 Å². The topological polar surface area (TPSA) is 104 Å². The van der Waals surface area contributed by atoms with Crippen LogP contribution in [0.5, 0.6) is 0 Å². The molecule has 0 amide bonds. The standard InChI is InChI=1S/C27H30O7/c1-5-33-24(32)27-15-18-14-26(23(27)31,21(29)19(20(18)28)25(27,3)4)13-16(2)22(30)34-12-11-17-9-7-6-8-10-17/h6-10,18-19H,2,5,11-15H2,1,3-4H3/t18-,19+,26-,27-/m1/s1. The first-order chi connectivity index (χ1) is 16.0. The van der Waals surface area contributed by atoms with Gasteiger partial charge in [0.1, 0.15) is 11.2 Å². The van der Waals surface area contributed by atoms with E-state index in [9.17, 15) is 24.0 Å². The Bertz CT molecular complexity index is 1090. The minimum atomic E-state index is -1.64. The number of ether oxygens (including phenoxy) is 2. The molecule has 0 heterocycles. The third-order valence-corrected chi connectivity index (χ3v) is 8.11. The Morgan fingerprint density at radius 2 is 1.74 bits per heavy atom. The summed E-state index contributed by atoms with van der Waals surface area (Å²) < 4.78 is 10.6. The molecular weight excluding hydrogens is 436 g/mol. The molecule has 0 radical (unpaired) electrons. The molecular formula is C27H30O7. The van der Waals surface area contributed by atoms with Crippen molar-refractivity contribution < 1.29 is 33.4 Å². The predicted molar refractivity (Wildman–Crippen MR) is 121 cm³/mol. The fourth-order valence-electron chi connectivity index (χ4n) is 6.37. The number of hydrogen-bond donors (Lipinski definition) is 0. The molecule has 0 aliphatic heterocycles. The molecule has 4 saturated carbocycles. The van der Waals surface area contributed by atoms with Gasteiger partial charge in [-0.05, 0) is 31.7 Å². The van der Waals surface area contributed by atoms with Crippen molar-refractivity contribution in [2.45, 2.75) is 46.5 Å². The van der Waals surface area contributed by atoms with Gasteiger partial charge in [-0.2, -0.15) is 0 Å². The molecule has 4 bridgehead atoms. The maximum Gasteiger partial charge on any atom is 0.333 e. The highest BCUT2D eigenvalue weighted by Crippen LogP contribution is 2.69. The first-order valence-electron chi connectivity index (χ1n) is 11.7. The monoisotopic (exact) mass is 466 g/mol. The van der Waals surface area contributed by atoms with Gasteiger partial charge in [-0.3, -0.25) is 19.2 Å². The van der Waals surface area contributed by atoms with Gasteiger partial charge in [0.05, 0.1) is 24.5 Å². The van der Waals surface area contributed by atoms with Gasteiger partial charge in [-0.1, -0.05) is 50.8 Å². The Kier molecular flexibility index (Phi) is 5.86. The van der Waals surface area contributed by atoms with Crippen LogP contribution in [0, 0.1) is 28.1 Å². The fraction of sp³-hybridized carbons (Fsp3) is 0.519. The molecule has 180 valence electrons. The highest BCUT2D eigenvalue weighted by molar-refractivity contribution is 6.28. The molecule has 0 spiro atoms. The maximum absolute atomic E-state index is 14.0. The molecule has 0 unspecified atom stereocenters. The van der Waals surface area contributed by atoms with Crippen molar-refractivity contribution in [2.75, 3.05) is 13.2 Å². The van der Waals surface area contributed by atoms with Crippen LogP contribution in [0.1, 0.15) is 45.6 Å². The summed E-state index contributed by atoms with van der Waals surface area (Å²) >= 11 is 0. The molecule has 1 aromatic rings. The number of carbonyl (C=O) groups is 5. The normalized spacial score (nSPS) is 30.9. The van der Waals surface area contributed by atoms with Crippen LogP contribution in [-0.4, -0.2) is 42.5 Å². The summed E-state index contributed by atoms with van der Waals surface area (Å²) in [6, 6.07) is 9.52. The van der Waals surface area contributed by atoms with Crippen molar-refractivity contribution in [3.63, 3.8) is 0 Å². The average Bonchev–Trinajstić information content (AvgIpc) is 2.79. The summed E-state index contributed by atoms with van der Waals surface area (Å²) in [5.74, 6) is -4.38. The van der Waals surface area contributed by atoms with Crippen LogP contribution in [0.25, 0.3) is 0 Å². The third kappa shape index (κ3) is 3.20. The summed E-state index contributed by atoms with van der Waals surface area (Å²) in [4.78, 5) is 66.6. The summed E-state index contributed by atoms with van der Waals surface area (Å²) in [6.07, 6.45) is 0.289. The smallest absolute Gasteiger partial charge is 0.333 e. The van der Waals surface area contributed by atoms with Gasteiger partial charge >= 0.3 is 11.9 Å². The Morgan fingerprint density at radius 1 is 1.06 bits per heavy atom.